The van der Waals surface area contributed by atoms with E-state index in [0.29, 0.717) is 17.5 Å². The number of likely N-dealkylation sites (tertiary alicyclic amines) is 1. The minimum absolute atomic E-state index is 0.0197. The van der Waals surface area contributed by atoms with Gasteiger partial charge in [-0.05, 0) is 36.6 Å². The molecule has 1 atom stereocenters. The van der Waals surface area contributed by atoms with Crippen molar-refractivity contribution in [1.82, 2.24) is 9.88 Å². The number of aromatic nitrogens is 1. The lowest BCUT2D eigenvalue weighted by Crippen LogP contribution is -2.34. The van der Waals surface area contributed by atoms with Crippen molar-refractivity contribution in [3.05, 3.63) is 69.9 Å². The molecule has 0 bridgehead atoms. The molecule has 29 heavy (non-hydrogen) atoms. The van der Waals surface area contributed by atoms with E-state index in [4.69, 9.17) is 4.74 Å². The van der Waals surface area contributed by atoms with E-state index in [1.165, 1.54) is 12.1 Å². The minimum atomic E-state index is -0.438. The van der Waals surface area contributed by atoms with E-state index in [0.717, 1.165) is 42.5 Å². The Labute approximate surface area is 168 Å². The number of ether oxygens (including phenoxy) is 1. The van der Waals surface area contributed by atoms with E-state index in [1.54, 1.807) is 19.4 Å². The van der Waals surface area contributed by atoms with Gasteiger partial charge in [0.25, 0.3) is 11.6 Å². The minimum Gasteiger partial charge on any atom is -0.497 e. The third-order valence-electron chi connectivity index (χ3n) is 5.62. The summed E-state index contributed by atoms with van der Waals surface area (Å²) < 4.78 is 5.25. The smallest absolute Gasteiger partial charge is 0.270 e. The van der Waals surface area contributed by atoms with Crippen molar-refractivity contribution >= 4 is 22.5 Å². The molecular weight excluding hydrogens is 370 g/mol. The molecule has 150 valence electrons. The fraction of sp³-hybridized carbons (Fsp3) is 0.318. The molecule has 0 saturated carbocycles. The summed E-state index contributed by atoms with van der Waals surface area (Å²) in [4.78, 5) is 29.2. The lowest BCUT2D eigenvalue weighted by Gasteiger charge is -2.30. The van der Waals surface area contributed by atoms with Crippen molar-refractivity contribution in [2.24, 2.45) is 0 Å². The van der Waals surface area contributed by atoms with E-state index in [1.807, 2.05) is 29.2 Å². The maximum atomic E-state index is 13.5. The van der Waals surface area contributed by atoms with Gasteiger partial charge in [0.1, 0.15) is 5.75 Å². The van der Waals surface area contributed by atoms with Crippen molar-refractivity contribution in [2.75, 3.05) is 13.7 Å². The highest BCUT2D eigenvalue weighted by Gasteiger charge is 2.29. The average Bonchev–Trinajstić information content (AvgIpc) is 3.01. The van der Waals surface area contributed by atoms with Gasteiger partial charge in [-0.2, -0.15) is 0 Å². The Morgan fingerprint density at radius 1 is 1.17 bits per heavy atom. The number of hydrogen-bond donors (Lipinski definition) is 1. The van der Waals surface area contributed by atoms with Gasteiger partial charge in [0.2, 0.25) is 0 Å². The van der Waals surface area contributed by atoms with Gasteiger partial charge in [0, 0.05) is 35.8 Å². The van der Waals surface area contributed by atoms with Crippen LogP contribution in [0.4, 0.5) is 5.69 Å². The van der Waals surface area contributed by atoms with Gasteiger partial charge in [-0.15, -0.1) is 0 Å². The van der Waals surface area contributed by atoms with E-state index >= 15 is 0 Å². The number of nitrogens with zero attached hydrogens (tertiary/aromatic N) is 2. The van der Waals surface area contributed by atoms with E-state index < -0.39 is 4.92 Å². The molecule has 1 amide bonds. The Morgan fingerprint density at radius 3 is 2.69 bits per heavy atom. The largest absolute Gasteiger partial charge is 0.497 e. The molecule has 1 saturated heterocycles. The standard InChI is InChI=1S/C22H23N3O4/c1-29-17-9-6-15(7-10-17)21-5-3-2-4-12-24(21)22(26)19-14-23-20-11-8-16(25(27)28)13-18(19)20/h6-11,13-14,21,23H,2-5,12H2,1H3. The molecule has 7 heteroatoms. The summed E-state index contributed by atoms with van der Waals surface area (Å²) in [5, 5.41) is 11.8. The molecule has 0 aliphatic carbocycles. The first-order chi connectivity index (χ1) is 14.1. The fourth-order valence-electron chi connectivity index (χ4n) is 4.08. The first-order valence-corrected chi connectivity index (χ1v) is 9.79. The number of methoxy groups -OCH3 is 1. The molecule has 3 aromatic rings. The Balaban J connectivity index is 1.71. The Morgan fingerprint density at radius 2 is 1.97 bits per heavy atom. The summed E-state index contributed by atoms with van der Waals surface area (Å²) in [6.45, 7) is 0.664. The number of hydrogen-bond acceptors (Lipinski definition) is 4. The van der Waals surface area contributed by atoms with Gasteiger partial charge in [0.15, 0.2) is 0 Å². The summed E-state index contributed by atoms with van der Waals surface area (Å²) in [7, 11) is 1.63. The van der Waals surface area contributed by atoms with Crippen molar-refractivity contribution in [3.63, 3.8) is 0 Å². The van der Waals surface area contributed by atoms with Crippen molar-refractivity contribution in [3.8, 4) is 5.75 Å². The van der Waals surface area contributed by atoms with Crippen LogP contribution in [-0.4, -0.2) is 34.4 Å². The number of carbonyl (C=O) groups excluding carboxylic acids is 1. The van der Waals surface area contributed by atoms with E-state index in [2.05, 4.69) is 4.98 Å². The molecule has 1 aliphatic rings. The predicted molar refractivity (Wildman–Crippen MR) is 110 cm³/mol. The molecule has 1 N–H and O–H groups in total. The van der Waals surface area contributed by atoms with Gasteiger partial charge in [-0.1, -0.05) is 25.0 Å². The number of aromatic amines is 1. The number of carbonyl (C=O) groups is 1. The second-order valence-electron chi connectivity index (χ2n) is 7.33. The normalized spacial score (nSPS) is 17.1. The molecule has 0 radical (unpaired) electrons. The number of nitro benzene ring substituents is 1. The van der Waals surface area contributed by atoms with Crippen LogP contribution in [0.25, 0.3) is 10.9 Å². The van der Waals surface area contributed by atoms with Crippen LogP contribution in [0.3, 0.4) is 0 Å². The molecule has 1 unspecified atom stereocenters. The van der Waals surface area contributed by atoms with Crippen molar-refractivity contribution < 1.29 is 14.5 Å². The molecule has 1 aromatic heterocycles. The average molecular weight is 393 g/mol. The zero-order valence-corrected chi connectivity index (χ0v) is 16.3. The Kier molecular flexibility index (Phi) is 5.20. The van der Waals surface area contributed by atoms with Crippen LogP contribution in [-0.2, 0) is 0 Å². The fourth-order valence-corrected chi connectivity index (χ4v) is 4.08. The number of H-pyrrole nitrogens is 1. The van der Waals surface area contributed by atoms with Crippen LogP contribution in [0.2, 0.25) is 0 Å². The summed E-state index contributed by atoms with van der Waals surface area (Å²) in [5.41, 5.74) is 2.25. The summed E-state index contributed by atoms with van der Waals surface area (Å²) in [6, 6.07) is 12.4. The third-order valence-corrected chi connectivity index (χ3v) is 5.62. The topological polar surface area (TPSA) is 88.5 Å². The molecule has 2 heterocycles. The lowest BCUT2D eigenvalue weighted by atomic mass is 9.99. The number of amides is 1. The number of non-ortho nitro benzene ring substituents is 1. The number of fused-ring (bicyclic) bond motifs is 1. The van der Waals surface area contributed by atoms with Crippen LogP contribution in [0.15, 0.2) is 48.7 Å². The molecule has 1 aliphatic heterocycles. The second kappa shape index (κ2) is 7.95. The predicted octanol–water partition coefficient (Wildman–Crippen LogP) is 4.84. The first kappa shape index (κ1) is 19.0. The van der Waals surface area contributed by atoms with Crippen LogP contribution in [0, 0.1) is 10.1 Å². The highest BCUT2D eigenvalue weighted by molar-refractivity contribution is 6.07. The lowest BCUT2D eigenvalue weighted by molar-refractivity contribution is -0.384. The number of nitro groups is 1. The highest BCUT2D eigenvalue weighted by Crippen LogP contribution is 2.34. The highest BCUT2D eigenvalue weighted by atomic mass is 16.6. The summed E-state index contributed by atoms with van der Waals surface area (Å²) in [6.07, 6.45) is 5.63. The summed E-state index contributed by atoms with van der Waals surface area (Å²) in [5.74, 6) is 0.684. The van der Waals surface area contributed by atoms with Gasteiger partial charge >= 0.3 is 0 Å². The van der Waals surface area contributed by atoms with Gasteiger partial charge < -0.3 is 14.6 Å². The van der Waals surface area contributed by atoms with Crippen LogP contribution >= 0.6 is 0 Å². The molecular formula is C22H23N3O4. The van der Waals surface area contributed by atoms with Crippen LogP contribution in [0.1, 0.15) is 47.6 Å². The van der Waals surface area contributed by atoms with Crippen molar-refractivity contribution in [2.45, 2.75) is 31.7 Å². The van der Waals surface area contributed by atoms with Gasteiger partial charge in [0.05, 0.1) is 23.6 Å². The molecule has 2 aromatic carbocycles. The van der Waals surface area contributed by atoms with Gasteiger partial charge in [-0.3, -0.25) is 14.9 Å². The number of benzene rings is 2. The summed E-state index contributed by atoms with van der Waals surface area (Å²) >= 11 is 0. The maximum Gasteiger partial charge on any atom is 0.270 e. The SMILES string of the molecule is COc1ccc(C2CCCCCN2C(=O)c2c[nH]c3ccc([N+](=O)[O-])cc23)cc1. The zero-order valence-electron chi connectivity index (χ0n) is 16.3. The molecule has 0 spiro atoms. The van der Waals surface area contributed by atoms with Gasteiger partial charge in [-0.25, -0.2) is 0 Å². The van der Waals surface area contributed by atoms with E-state index in [9.17, 15) is 14.9 Å². The molecule has 7 nitrogen and oxygen atoms in total. The molecule has 4 rings (SSSR count). The molecule has 1 fully saturated rings. The maximum absolute atomic E-state index is 13.5. The van der Waals surface area contributed by atoms with Crippen LogP contribution < -0.4 is 4.74 Å². The van der Waals surface area contributed by atoms with Crippen LogP contribution in [0.5, 0.6) is 5.75 Å². The Bertz CT molecular complexity index is 1040. The number of nitrogens with one attached hydrogen (secondary N) is 1. The van der Waals surface area contributed by atoms with Crippen molar-refractivity contribution in [1.29, 1.82) is 0 Å². The quantitative estimate of drug-likeness (QED) is 0.507. The second-order valence-corrected chi connectivity index (χ2v) is 7.33. The van der Waals surface area contributed by atoms with E-state index in [-0.39, 0.29) is 17.6 Å². The third kappa shape index (κ3) is 3.68. The number of rotatable bonds is 4. The zero-order chi connectivity index (χ0) is 20.4. The first-order valence-electron chi connectivity index (χ1n) is 9.79. The monoisotopic (exact) mass is 393 g/mol. The Hall–Kier alpha value is -3.35.